The standard InChI is InChI=1S/C14H19N3O5S/c1-10-6-7-11(9-13(10)17(19)20)23(21,22)16-8-4-3-5-12(16)14(18)15-2/h6-7,9,12H,3-5,8H2,1-2H3,(H,15,18). The molecule has 1 heterocycles. The van der Waals surface area contributed by atoms with Crippen molar-refractivity contribution in [1.82, 2.24) is 9.62 Å². The highest BCUT2D eigenvalue weighted by molar-refractivity contribution is 7.89. The van der Waals surface area contributed by atoms with E-state index in [0.29, 0.717) is 18.4 Å². The molecular weight excluding hydrogens is 322 g/mol. The van der Waals surface area contributed by atoms with Gasteiger partial charge in [-0.05, 0) is 25.8 Å². The summed E-state index contributed by atoms with van der Waals surface area (Å²) in [4.78, 5) is 22.2. The van der Waals surface area contributed by atoms with Crippen LogP contribution in [0.4, 0.5) is 5.69 Å². The molecule has 23 heavy (non-hydrogen) atoms. The predicted octanol–water partition coefficient (Wildman–Crippen LogP) is 1.19. The summed E-state index contributed by atoms with van der Waals surface area (Å²) in [5, 5.41) is 13.5. The van der Waals surface area contributed by atoms with Crippen molar-refractivity contribution in [1.29, 1.82) is 0 Å². The summed E-state index contributed by atoms with van der Waals surface area (Å²) in [5.74, 6) is -0.366. The van der Waals surface area contributed by atoms with Crippen molar-refractivity contribution < 1.29 is 18.1 Å². The fourth-order valence-electron chi connectivity index (χ4n) is 2.70. The van der Waals surface area contributed by atoms with Crippen LogP contribution >= 0.6 is 0 Å². The Bertz CT molecular complexity index is 732. The van der Waals surface area contributed by atoms with Crippen molar-refractivity contribution in [3.8, 4) is 0 Å². The summed E-state index contributed by atoms with van der Waals surface area (Å²) in [5.41, 5.74) is 0.134. The zero-order valence-electron chi connectivity index (χ0n) is 13.0. The second kappa shape index (κ2) is 6.63. The van der Waals surface area contributed by atoms with Gasteiger partial charge in [-0.15, -0.1) is 0 Å². The maximum absolute atomic E-state index is 12.8. The van der Waals surface area contributed by atoms with Crippen molar-refractivity contribution >= 4 is 21.6 Å². The number of nitrogens with zero attached hydrogens (tertiary/aromatic N) is 2. The molecule has 126 valence electrons. The first-order valence-electron chi connectivity index (χ1n) is 7.27. The van der Waals surface area contributed by atoms with Crippen LogP contribution in [-0.2, 0) is 14.8 Å². The van der Waals surface area contributed by atoms with Gasteiger partial charge in [0.25, 0.3) is 5.69 Å². The van der Waals surface area contributed by atoms with E-state index in [9.17, 15) is 23.3 Å². The van der Waals surface area contributed by atoms with Crippen LogP contribution in [0.2, 0.25) is 0 Å². The Labute approximate surface area is 134 Å². The minimum absolute atomic E-state index is 0.161. The van der Waals surface area contributed by atoms with E-state index in [2.05, 4.69) is 5.32 Å². The molecule has 1 aliphatic heterocycles. The summed E-state index contributed by atoms with van der Waals surface area (Å²) < 4.78 is 26.8. The van der Waals surface area contributed by atoms with Crippen molar-refractivity contribution in [3.05, 3.63) is 33.9 Å². The highest BCUT2D eigenvalue weighted by Gasteiger charge is 2.37. The molecule has 0 spiro atoms. The minimum atomic E-state index is -3.97. The molecule has 1 amide bonds. The number of nitro benzene ring substituents is 1. The molecule has 9 heteroatoms. The Morgan fingerprint density at radius 3 is 2.70 bits per heavy atom. The SMILES string of the molecule is CNC(=O)C1CCCCN1S(=O)(=O)c1ccc(C)c([N+](=O)[O-])c1. The smallest absolute Gasteiger partial charge is 0.273 e. The third kappa shape index (κ3) is 3.35. The fourth-order valence-corrected chi connectivity index (χ4v) is 4.38. The Morgan fingerprint density at radius 2 is 2.09 bits per heavy atom. The molecule has 2 rings (SSSR count). The number of sulfonamides is 1. The molecule has 1 saturated heterocycles. The lowest BCUT2D eigenvalue weighted by Gasteiger charge is -2.33. The van der Waals surface area contributed by atoms with E-state index in [-0.39, 0.29) is 23.0 Å². The lowest BCUT2D eigenvalue weighted by atomic mass is 10.0. The Balaban J connectivity index is 2.46. The lowest BCUT2D eigenvalue weighted by Crippen LogP contribution is -2.51. The molecule has 8 nitrogen and oxygen atoms in total. The van der Waals surface area contributed by atoms with Crippen molar-refractivity contribution in [2.45, 2.75) is 37.1 Å². The second-order valence-corrected chi connectivity index (χ2v) is 7.34. The number of aryl methyl sites for hydroxylation is 1. The average Bonchev–Trinajstić information content (AvgIpc) is 2.54. The van der Waals surface area contributed by atoms with E-state index in [4.69, 9.17) is 0 Å². The molecule has 1 N–H and O–H groups in total. The number of nitro groups is 1. The van der Waals surface area contributed by atoms with E-state index in [1.165, 1.54) is 19.2 Å². The van der Waals surface area contributed by atoms with Gasteiger partial charge in [0.2, 0.25) is 15.9 Å². The topological polar surface area (TPSA) is 110 Å². The maximum Gasteiger partial charge on any atom is 0.273 e. The summed E-state index contributed by atoms with van der Waals surface area (Å²) in [7, 11) is -2.51. The van der Waals surface area contributed by atoms with Crippen LogP contribution in [0, 0.1) is 17.0 Å². The number of rotatable bonds is 4. The van der Waals surface area contributed by atoms with Gasteiger partial charge in [-0.2, -0.15) is 4.31 Å². The highest BCUT2D eigenvalue weighted by Crippen LogP contribution is 2.28. The summed E-state index contributed by atoms with van der Waals surface area (Å²) in [6.07, 6.45) is 1.85. The second-order valence-electron chi connectivity index (χ2n) is 5.45. The molecule has 0 saturated carbocycles. The Kier molecular flexibility index (Phi) is 5.00. The van der Waals surface area contributed by atoms with Gasteiger partial charge in [-0.1, -0.05) is 12.5 Å². The van der Waals surface area contributed by atoms with Crippen LogP contribution in [0.25, 0.3) is 0 Å². The van der Waals surface area contributed by atoms with Crippen LogP contribution in [0.3, 0.4) is 0 Å². The average molecular weight is 341 g/mol. The minimum Gasteiger partial charge on any atom is -0.358 e. The molecule has 1 atom stereocenters. The summed E-state index contributed by atoms with van der Waals surface area (Å²) >= 11 is 0. The zero-order valence-corrected chi connectivity index (χ0v) is 13.8. The van der Waals surface area contributed by atoms with Gasteiger partial charge in [0.05, 0.1) is 9.82 Å². The van der Waals surface area contributed by atoms with E-state index in [1.807, 2.05) is 0 Å². The van der Waals surface area contributed by atoms with Crippen LogP contribution in [0.1, 0.15) is 24.8 Å². The molecule has 1 unspecified atom stereocenters. The van der Waals surface area contributed by atoms with Crippen LogP contribution in [0.5, 0.6) is 0 Å². The summed E-state index contributed by atoms with van der Waals surface area (Å²) in [6.45, 7) is 1.77. The first-order chi connectivity index (χ1) is 10.8. The maximum atomic E-state index is 12.8. The largest absolute Gasteiger partial charge is 0.358 e. The van der Waals surface area contributed by atoms with E-state index in [1.54, 1.807) is 6.92 Å². The molecule has 1 aliphatic rings. The van der Waals surface area contributed by atoms with Crippen LogP contribution in [0.15, 0.2) is 23.1 Å². The number of likely N-dealkylation sites (N-methyl/N-ethyl adjacent to an activating group) is 1. The third-order valence-corrected chi connectivity index (χ3v) is 5.89. The molecular formula is C14H19N3O5S. The summed E-state index contributed by atoms with van der Waals surface area (Å²) in [6, 6.07) is 3.02. The molecule has 1 aromatic rings. The normalized spacial score (nSPS) is 19.3. The number of carbonyl (C=O) groups is 1. The first kappa shape index (κ1) is 17.4. The third-order valence-electron chi connectivity index (χ3n) is 3.99. The number of carbonyl (C=O) groups excluding carboxylic acids is 1. The van der Waals surface area contributed by atoms with Crippen molar-refractivity contribution in [2.75, 3.05) is 13.6 Å². The molecule has 1 fully saturated rings. The van der Waals surface area contributed by atoms with Crippen LogP contribution < -0.4 is 5.32 Å². The first-order valence-corrected chi connectivity index (χ1v) is 8.71. The fraction of sp³-hybridized carbons (Fsp3) is 0.500. The number of hydrogen-bond acceptors (Lipinski definition) is 5. The van der Waals surface area contributed by atoms with Gasteiger partial charge in [-0.3, -0.25) is 14.9 Å². The van der Waals surface area contributed by atoms with E-state index in [0.717, 1.165) is 16.8 Å². The van der Waals surface area contributed by atoms with Gasteiger partial charge in [0.1, 0.15) is 6.04 Å². The monoisotopic (exact) mass is 341 g/mol. The van der Waals surface area contributed by atoms with Gasteiger partial charge in [0.15, 0.2) is 0 Å². The van der Waals surface area contributed by atoms with Crippen molar-refractivity contribution in [2.24, 2.45) is 0 Å². The van der Waals surface area contributed by atoms with Crippen molar-refractivity contribution in [3.63, 3.8) is 0 Å². The molecule has 0 aromatic heterocycles. The van der Waals surface area contributed by atoms with Crippen LogP contribution in [-0.4, -0.2) is 43.2 Å². The number of hydrogen-bond donors (Lipinski definition) is 1. The molecule has 0 radical (unpaired) electrons. The number of benzene rings is 1. The number of amides is 1. The Morgan fingerprint density at radius 1 is 1.39 bits per heavy atom. The predicted molar refractivity (Wildman–Crippen MR) is 83.4 cm³/mol. The van der Waals surface area contributed by atoms with E-state index < -0.39 is 21.0 Å². The number of nitrogens with one attached hydrogen (secondary N) is 1. The van der Waals surface area contributed by atoms with Gasteiger partial charge < -0.3 is 5.32 Å². The van der Waals surface area contributed by atoms with Gasteiger partial charge in [0, 0.05) is 25.2 Å². The quantitative estimate of drug-likeness (QED) is 0.653. The zero-order chi connectivity index (χ0) is 17.2. The molecule has 0 bridgehead atoms. The highest BCUT2D eigenvalue weighted by atomic mass is 32.2. The number of piperidine rings is 1. The Hall–Kier alpha value is -2.00. The van der Waals surface area contributed by atoms with E-state index >= 15 is 0 Å². The molecule has 0 aliphatic carbocycles. The van der Waals surface area contributed by atoms with Gasteiger partial charge >= 0.3 is 0 Å². The molecule has 1 aromatic carbocycles. The van der Waals surface area contributed by atoms with Gasteiger partial charge in [-0.25, -0.2) is 8.42 Å². The lowest BCUT2D eigenvalue weighted by molar-refractivity contribution is -0.385.